The van der Waals surface area contributed by atoms with Gasteiger partial charge in [0.1, 0.15) is 0 Å². The van der Waals surface area contributed by atoms with Crippen molar-refractivity contribution in [1.29, 1.82) is 0 Å². The minimum Gasteiger partial charge on any atom is -0.221 e. The molecule has 0 bridgehead atoms. The molecule has 2 aromatic rings. The Morgan fingerprint density at radius 2 is 1.67 bits per heavy atom. The molecular formula is C16H10Cl3N2O2S+. The highest BCUT2D eigenvalue weighted by Gasteiger charge is 2.39. The van der Waals surface area contributed by atoms with Crippen molar-refractivity contribution in [3.05, 3.63) is 75.5 Å². The Morgan fingerprint density at radius 1 is 1.00 bits per heavy atom. The largest absolute Gasteiger partial charge is 0.257 e. The van der Waals surface area contributed by atoms with Crippen molar-refractivity contribution in [2.75, 3.05) is 0 Å². The number of hydrogen-bond acceptors (Lipinski definition) is 4. The molecular weight excluding hydrogens is 391 g/mol. The summed E-state index contributed by atoms with van der Waals surface area (Å²) in [5.41, 5.74) is 0.380. The summed E-state index contributed by atoms with van der Waals surface area (Å²) in [6, 6.07) is 10.6. The molecule has 8 heteroatoms. The van der Waals surface area contributed by atoms with Crippen LogP contribution in [-0.4, -0.2) is 19.7 Å². The van der Waals surface area contributed by atoms with Gasteiger partial charge >= 0.3 is 0 Å². The lowest BCUT2D eigenvalue weighted by molar-refractivity contribution is 0.500. The van der Waals surface area contributed by atoms with Crippen molar-refractivity contribution in [2.24, 2.45) is 4.99 Å². The van der Waals surface area contributed by atoms with Crippen molar-refractivity contribution in [3.8, 4) is 0 Å². The maximum Gasteiger partial charge on any atom is 0.257 e. The molecule has 0 N–H and O–H groups in total. The van der Waals surface area contributed by atoms with Gasteiger partial charge in [-0.05, 0) is 41.4 Å². The Labute approximate surface area is 154 Å². The van der Waals surface area contributed by atoms with Crippen LogP contribution in [0.3, 0.4) is 0 Å². The van der Waals surface area contributed by atoms with E-state index in [0.717, 1.165) is 0 Å². The zero-order chi connectivity index (χ0) is 17.3. The van der Waals surface area contributed by atoms with Gasteiger partial charge in [-0.3, -0.25) is 0 Å². The monoisotopic (exact) mass is 399 g/mol. The first-order chi connectivity index (χ1) is 11.4. The fourth-order valence-electron chi connectivity index (χ4n) is 2.29. The Kier molecular flexibility index (Phi) is 4.81. The summed E-state index contributed by atoms with van der Waals surface area (Å²) in [7, 11) is -3.82. The van der Waals surface area contributed by atoms with Crippen LogP contribution in [-0.2, 0) is 9.84 Å². The van der Waals surface area contributed by atoms with Crippen LogP contribution in [0.5, 0.6) is 0 Å². The van der Waals surface area contributed by atoms with E-state index in [2.05, 4.69) is 11.3 Å². The van der Waals surface area contributed by atoms with Crippen molar-refractivity contribution >= 4 is 51.0 Å². The molecule has 0 amide bonds. The molecule has 0 fully saturated rings. The van der Waals surface area contributed by atoms with Gasteiger partial charge in [0.2, 0.25) is 21.4 Å². The normalized spacial score (nSPS) is 14.7. The Bertz CT molecular complexity index is 913. The third-order valence-electron chi connectivity index (χ3n) is 3.39. The van der Waals surface area contributed by atoms with Crippen molar-refractivity contribution in [1.82, 2.24) is 4.90 Å². The molecule has 122 valence electrons. The Balaban J connectivity index is 2.16. The van der Waals surface area contributed by atoms with Gasteiger partial charge in [0.25, 0.3) is 6.34 Å². The van der Waals surface area contributed by atoms with Crippen molar-refractivity contribution < 1.29 is 8.42 Å². The summed E-state index contributed by atoms with van der Waals surface area (Å²) in [4.78, 5) is 5.30. The fourth-order valence-corrected chi connectivity index (χ4v) is 4.72. The molecule has 0 aromatic heterocycles. The number of benzene rings is 2. The van der Waals surface area contributed by atoms with Crippen LogP contribution in [0, 0.1) is 0 Å². The van der Waals surface area contributed by atoms with Gasteiger partial charge in [-0.15, -0.1) is 0 Å². The topological polar surface area (TPSA) is 49.7 Å². The number of aliphatic imine (C=N–C) groups is 1. The van der Waals surface area contributed by atoms with E-state index in [9.17, 15) is 8.42 Å². The van der Waals surface area contributed by atoms with Crippen LogP contribution in [0.1, 0.15) is 10.9 Å². The number of hydrogen-bond donors (Lipinski definition) is 0. The molecule has 1 aliphatic heterocycles. The predicted molar refractivity (Wildman–Crippen MR) is 96.3 cm³/mol. The maximum absolute atomic E-state index is 13.2. The van der Waals surface area contributed by atoms with Gasteiger partial charge in [-0.25, -0.2) is 8.42 Å². The third-order valence-corrected chi connectivity index (χ3v) is 6.20. The standard InChI is InChI=1S/C16H10Cl3N2O2S/c17-11-1-4-13(5-2-11)24(22,23)16(21-8-7-20-10-21)14-6-3-12(18)9-15(14)19/h1-9,16H/q+1. The van der Waals surface area contributed by atoms with E-state index in [0.29, 0.717) is 15.6 Å². The minimum atomic E-state index is -3.82. The minimum absolute atomic E-state index is 0.116. The molecule has 1 aliphatic rings. The molecule has 0 saturated carbocycles. The summed E-state index contributed by atoms with van der Waals surface area (Å²) in [6.45, 7) is 0. The molecule has 0 radical (unpaired) electrons. The summed E-state index contributed by atoms with van der Waals surface area (Å²) < 4.78 is 26.4. The van der Waals surface area contributed by atoms with Crippen LogP contribution in [0.2, 0.25) is 15.1 Å². The average molecular weight is 401 g/mol. The van der Waals surface area contributed by atoms with Crippen molar-refractivity contribution in [2.45, 2.75) is 10.3 Å². The highest BCUT2D eigenvalue weighted by atomic mass is 35.5. The second kappa shape index (κ2) is 6.71. The molecule has 4 nitrogen and oxygen atoms in total. The summed E-state index contributed by atoms with van der Waals surface area (Å²) >= 11 is 18.0. The zero-order valence-corrected chi connectivity index (χ0v) is 15.1. The first-order valence-corrected chi connectivity index (χ1v) is 9.42. The van der Waals surface area contributed by atoms with E-state index in [1.807, 2.05) is 0 Å². The SMILES string of the molecule is O=S(=O)(c1ccc(Cl)cc1)C(c1ccc(Cl)cc1Cl)N1[C+]=NC=C1. The second-order valence-electron chi connectivity index (χ2n) is 4.95. The predicted octanol–water partition coefficient (Wildman–Crippen LogP) is 4.81. The van der Waals surface area contributed by atoms with Crippen LogP contribution in [0.4, 0.5) is 0 Å². The lowest BCUT2D eigenvalue weighted by Crippen LogP contribution is -2.28. The first-order valence-electron chi connectivity index (χ1n) is 6.74. The van der Waals surface area contributed by atoms with E-state index in [1.165, 1.54) is 47.6 Å². The summed E-state index contributed by atoms with van der Waals surface area (Å²) in [5.74, 6) is 0. The van der Waals surface area contributed by atoms with Crippen LogP contribution in [0.15, 0.2) is 64.8 Å². The molecule has 0 saturated heterocycles. The van der Waals surface area contributed by atoms with Crippen LogP contribution >= 0.6 is 34.8 Å². The molecule has 1 atom stereocenters. The van der Waals surface area contributed by atoms with Gasteiger partial charge in [-0.2, -0.15) is 4.90 Å². The third kappa shape index (κ3) is 3.27. The van der Waals surface area contributed by atoms with Gasteiger partial charge < -0.3 is 0 Å². The van der Waals surface area contributed by atoms with Crippen molar-refractivity contribution in [3.63, 3.8) is 0 Å². The molecule has 1 heterocycles. The van der Waals surface area contributed by atoms with E-state index < -0.39 is 15.2 Å². The van der Waals surface area contributed by atoms with Crippen LogP contribution in [0.25, 0.3) is 0 Å². The number of nitrogens with zero attached hydrogens (tertiary/aromatic N) is 2. The number of rotatable bonds is 4. The lowest BCUT2D eigenvalue weighted by Gasteiger charge is -2.21. The van der Waals surface area contributed by atoms with Gasteiger partial charge in [0, 0.05) is 20.6 Å². The molecule has 1 unspecified atom stereocenters. The first kappa shape index (κ1) is 17.2. The zero-order valence-electron chi connectivity index (χ0n) is 12.0. The molecule has 2 aromatic carbocycles. The second-order valence-corrected chi connectivity index (χ2v) is 8.24. The quantitative estimate of drug-likeness (QED) is 0.692. The van der Waals surface area contributed by atoms with E-state index in [4.69, 9.17) is 34.8 Å². The highest BCUT2D eigenvalue weighted by molar-refractivity contribution is 7.91. The molecule has 0 aliphatic carbocycles. The van der Waals surface area contributed by atoms with E-state index in [-0.39, 0.29) is 9.92 Å². The molecule has 24 heavy (non-hydrogen) atoms. The van der Waals surface area contributed by atoms with E-state index in [1.54, 1.807) is 12.1 Å². The van der Waals surface area contributed by atoms with Gasteiger partial charge in [0.05, 0.1) is 4.90 Å². The highest BCUT2D eigenvalue weighted by Crippen LogP contribution is 2.37. The maximum atomic E-state index is 13.2. The summed E-state index contributed by atoms with van der Waals surface area (Å²) in [5, 5.41) is -0.0108. The average Bonchev–Trinajstić information content (AvgIpc) is 3.04. The Morgan fingerprint density at radius 3 is 2.25 bits per heavy atom. The van der Waals surface area contributed by atoms with E-state index >= 15 is 0 Å². The molecule has 0 spiro atoms. The fraction of sp³-hybridized carbons (Fsp3) is 0.0625. The number of sulfone groups is 1. The van der Waals surface area contributed by atoms with Gasteiger partial charge in [0.15, 0.2) is 6.20 Å². The van der Waals surface area contributed by atoms with Gasteiger partial charge in [-0.1, -0.05) is 40.9 Å². The summed E-state index contributed by atoms with van der Waals surface area (Å²) in [6.07, 6.45) is 5.60. The smallest absolute Gasteiger partial charge is 0.221 e. The lowest BCUT2D eigenvalue weighted by atomic mass is 10.2. The number of halogens is 3. The van der Waals surface area contributed by atoms with Crippen LogP contribution < -0.4 is 0 Å². The molecule has 3 rings (SSSR count). The Hall–Kier alpha value is -1.62.